The highest BCUT2D eigenvalue weighted by Crippen LogP contribution is 2.35. The summed E-state index contributed by atoms with van der Waals surface area (Å²) in [5.41, 5.74) is 5.23. The highest BCUT2D eigenvalue weighted by atomic mass is 16.6. The van der Waals surface area contributed by atoms with Crippen molar-refractivity contribution in [3.05, 3.63) is 28.3 Å². The number of rotatable bonds is 4. The molecule has 0 spiro atoms. The first-order valence-electron chi connectivity index (χ1n) is 5.39. The Balaban J connectivity index is 2.22. The molecule has 1 aromatic rings. The number of carbonyl (C=O) groups excluding carboxylic acids is 1. The number of hydrogen-bond donors (Lipinski definition) is 2. The second kappa shape index (κ2) is 4.26. The van der Waals surface area contributed by atoms with Crippen LogP contribution in [0.25, 0.3) is 0 Å². The predicted molar refractivity (Wildman–Crippen MR) is 64.4 cm³/mol. The van der Waals surface area contributed by atoms with E-state index in [0.29, 0.717) is 18.5 Å². The standard InChI is InChI=1S/C11H13N3O4/c1-18-9-6-7(14(16)17)2-3-8(9)13-10(15)11(12)4-5-11/h2-3,6H,4-5,12H2,1H3,(H,13,15). The lowest BCUT2D eigenvalue weighted by atomic mass is 10.2. The van der Waals surface area contributed by atoms with Crippen LogP contribution < -0.4 is 15.8 Å². The molecule has 1 fully saturated rings. The molecule has 0 aromatic heterocycles. The van der Waals surface area contributed by atoms with Crippen molar-refractivity contribution >= 4 is 17.3 Å². The van der Waals surface area contributed by atoms with Gasteiger partial charge in [0.15, 0.2) is 0 Å². The molecule has 0 aliphatic heterocycles. The topological polar surface area (TPSA) is 107 Å². The highest BCUT2D eigenvalue weighted by molar-refractivity contribution is 6.01. The van der Waals surface area contributed by atoms with Gasteiger partial charge >= 0.3 is 0 Å². The third kappa shape index (κ3) is 2.25. The third-order valence-corrected chi connectivity index (χ3v) is 2.89. The number of nitrogens with two attached hydrogens (primary N) is 1. The van der Waals surface area contributed by atoms with E-state index >= 15 is 0 Å². The smallest absolute Gasteiger partial charge is 0.273 e. The van der Waals surface area contributed by atoms with Gasteiger partial charge in [-0.2, -0.15) is 0 Å². The van der Waals surface area contributed by atoms with Crippen molar-refractivity contribution in [3.63, 3.8) is 0 Å². The number of nitrogens with one attached hydrogen (secondary N) is 1. The molecule has 96 valence electrons. The van der Waals surface area contributed by atoms with Crippen LogP contribution in [0.2, 0.25) is 0 Å². The minimum Gasteiger partial charge on any atom is -0.494 e. The van der Waals surface area contributed by atoms with E-state index in [1.807, 2.05) is 0 Å². The van der Waals surface area contributed by atoms with Crippen LogP contribution in [0.1, 0.15) is 12.8 Å². The largest absolute Gasteiger partial charge is 0.494 e. The zero-order valence-corrected chi connectivity index (χ0v) is 9.80. The van der Waals surface area contributed by atoms with Gasteiger partial charge in [0.1, 0.15) is 5.75 Å². The molecule has 1 amide bonds. The third-order valence-electron chi connectivity index (χ3n) is 2.89. The molecule has 2 rings (SSSR count). The quantitative estimate of drug-likeness (QED) is 0.613. The lowest BCUT2D eigenvalue weighted by molar-refractivity contribution is -0.384. The maximum Gasteiger partial charge on any atom is 0.273 e. The number of nitro benzene ring substituents is 1. The molecule has 0 heterocycles. The van der Waals surface area contributed by atoms with E-state index in [2.05, 4.69) is 5.32 Å². The van der Waals surface area contributed by atoms with Crippen LogP contribution in [-0.2, 0) is 4.79 Å². The van der Waals surface area contributed by atoms with Gasteiger partial charge in [-0.3, -0.25) is 14.9 Å². The number of nitrogens with zero attached hydrogens (tertiary/aromatic N) is 1. The molecule has 3 N–H and O–H groups in total. The van der Waals surface area contributed by atoms with Gasteiger partial charge in [-0.1, -0.05) is 0 Å². The first kappa shape index (κ1) is 12.3. The van der Waals surface area contributed by atoms with E-state index in [4.69, 9.17) is 10.5 Å². The number of methoxy groups -OCH3 is 1. The van der Waals surface area contributed by atoms with Gasteiger partial charge in [0.2, 0.25) is 5.91 Å². The van der Waals surface area contributed by atoms with Crippen molar-refractivity contribution < 1.29 is 14.5 Å². The maximum absolute atomic E-state index is 11.8. The van der Waals surface area contributed by atoms with Crippen LogP contribution >= 0.6 is 0 Å². The Hall–Kier alpha value is -2.15. The Morgan fingerprint density at radius 3 is 2.72 bits per heavy atom. The van der Waals surface area contributed by atoms with E-state index in [-0.39, 0.29) is 17.3 Å². The van der Waals surface area contributed by atoms with Gasteiger partial charge in [-0.05, 0) is 18.9 Å². The van der Waals surface area contributed by atoms with Crippen LogP contribution in [-0.4, -0.2) is 23.5 Å². The summed E-state index contributed by atoms with van der Waals surface area (Å²) in [7, 11) is 1.38. The second-order valence-corrected chi connectivity index (χ2v) is 4.25. The van der Waals surface area contributed by atoms with Crippen molar-refractivity contribution in [2.24, 2.45) is 5.73 Å². The van der Waals surface area contributed by atoms with Gasteiger partial charge in [0, 0.05) is 6.07 Å². The lowest BCUT2D eigenvalue weighted by Crippen LogP contribution is -2.37. The van der Waals surface area contributed by atoms with Crippen LogP contribution in [0.3, 0.4) is 0 Å². The Morgan fingerprint density at radius 1 is 1.56 bits per heavy atom. The summed E-state index contributed by atoms with van der Waals surface area (Å²) >= 11 is 0. The SMILES string of the molecule is COc1cc([N+](=O)[O-])ccc1NC(=O)C1(N)CC1. The van der Waals surface area contributed by atoms with E-state index < -0.39 is 10.5 Å². The zero-order valence-electron chi connectivity index (χ0n) is 9.80. The van der Waals surface area contributed by atoms with Crippen molar-refractivity contribution in [3.8, 4) is 5.75 Å². The van der Waals surface area contributed by atoms with E-state index in [1.165, 1.54) is 25.3 Å². The summed E-state index contributed by atoms with van der Waals surface area (Å²) in [6.07, 6.45) is 1.29. The Bertz CT molecular complexity index is 511. The molecule has 18 heavy (non-hydrogen) atoms. The summed E-state index contributed by atoms with van der Waals surface area (Å²) < 4.78 is 5.01. The Labute approximate surface area is 103 Å². The average Bonchev–Trinajstić information content (AvgIpc) is 3.09. The summed E-state index contributed by atoms with van der Waals surface area (Å²) in [5, 5.41) is 13.2. The number of amides is 1. The number of benzene rings is 1. The molecule has 0 radical (unpaired) electrons. The maximum atomic E-state index is 11.8. The van der Waals surface area contributed by atoms with Crippen molar-refractivity contribution in [2.45, 2.75) is 18.4 Å². The number of ether oxygens (including phenoxy) is 1. The number of nitro groups is 1. The van der Waals surface area contributed by atoms with Crippen LogP contribution in [0, 0.1) is 10.1 Å². The second-order valence-electron chi connectivity index (χ2n) is 4.25. The first-order valence-corrected chi connectivity index (χ1v) is 5.39. The minimum atomic E-state index is -0.799. The molecular weight excluding hydrogens is 238 g/mol. The number of carbonyl (C=O) groups is 1. The van der Waals surface area contributed by atoms with Gasteiger partial charge < -0.3 is 15.8 Å². The molecule has 7 nitrogen and oxygen atoms in total. The molecule has 1 aliphatic carbocycles. The molecule has 1 aliphatic rings. The normalized spacial score (nSPS) is 15.9. The summed E-state index contributed by atoms with van der Waals surface area (Å²) in [5.74, 6) is -0.0588. The van der Waals surface area contributed by atoms with E-state index in [9.17, 15) is 14.9 Å². The number of anilines is 1. The molecule has 1 aromatic carbocycles. The molecule has 7 heteroatoms. The van der Waals surface area contributed by atoms with Crippen LogP contribution in [0.15, 0.2) is 18.2 Å². The molecule has 1 saturated carbocycles. The predicted octanol–water partition coefficient (Wildman–Crippen LogP) is 1.03. The van der Waals surface area contributed by atoms with Gasteiger partial charge in [0.05, 0.1) is 29.3 Å². The van der Waals surface area contributed by atoms with E-state index in [0.717, 1.165) is 0 Å². The van der Waals surface area contributed by atoms with Crippen molar-refractivity contribution in [1.82, 2.24) is 0 Å². The number of non-ortho nitro benzene ring substituents is 1. The van der Waals surface area contributed by atoms with Crippen molar-refractivity contribution in [2.75, 3.05) is 12.4 Å². The van der Waals surface area contributed by atoms with Crippen molar-refractivity contribution in [1.29, 1.82) is 0 Å². The highest BCUT2D eigenvalue weighted by Gasteiger charge is 2.46. The minimum absolute atomic E-state index is 0.0984. The summed E-state index contributed by atoms with van der Waals surface area (Å²) in [6, 6.07) is 3.99. The molecule has 0 bridgehead atoms. The fourth-order valence-electron chi connectivity index (χ4n) is 1.51. The van der Waals surface area contributed by atoms with Crippen LogP contribution in [0.4, 0.5) is 11.4 Å². The molecule has 0 atom stereocenters. The van der Waals surface area contributed by atoms with Gasteiger partial charge in [0.25, 0.3) is 5.69 Å². The molecule has 0 unspecified atom stereocenters. The summed E-state index contributed by atoms with van der Waals surface area (Å²) in [6.45, 7) is 0. The van der Waals surface area contributed by atoms with E-state index in [1.54, 1.807) is 0 Å². The first-order chi connectivity index (χ1) is 8.46. The fourth-order valence-corrected chi connectivity index (χ4v) is 1.51. The van der Waals surface area contributed by atoms with Crippen LogP contribution in [0.5, 0.6) is 5.75 Å². The molecule has 0 saturated heterocycles. The lowest BCUT2D eigenvalue weighted by Gasteiger charge is -2.12. The molecular formula is C11H13N3O4. The number of hydrogen-bond acceptors (Lipinski definition) is 5. The Morgan fingerprint density at radius 2 is 2.22 bits per heavy atom. The zero-order chi connectivity index (χ0) is 13.3. The van der Waals surface area contributed by atoms with Gasteiger partial charge in [-0.15, -0.1) is 0 Å². The monoisotopic (exact) mass is 251 g/mol. The summed E-state index contributed by atoms with van der Waals surface area (Å²) in [4.78, 5) is 21.8. The Kier molecular flexibility index (Phi) is 2.92. The average molecular weight is 251 g/mol. The fraction of sp³-hybridized carbons (Fsp3) is 0.364. The van der Waals surface area contributed by atoms with Gasteiger partial charge in [-0.25, -0.2) is 0 Å².